The lowest BCUT2D eigenvalue weighted by atomic mass is 10.1. The van der Waals surface area contributed by atoms with E-state index in [1.54, 1.807) is 42.5 Å². The number of sulfonamides is 1. The molecule has 0 atom stereocenters. The van der Waals surface area contributed by atoms with Gasteiger partial charge in [0.1, 0.15) is 22.1 Å². The largest absolute Gasteiger partial charge is 0.495 e. The van der Waals surface area contributed by atoms with Crippen LogP contribution >= 0.6 is 0 Å². The highest BCUT2D eigenvalue weighted by atomic mass is 32.2. The summed E-state index contributed by atoms with van der Waals surface area (Å²) >= 11 is 0. The van der Waals surface area contributed by atoms with Crippen molar-refractivity contribution in [3.63, 3.8) is 0 Å². The zero-order valence-corrected chi connectivity index (χ0v) is 20.3. The first-order chi connectivity index (χ1) is 16.8. The van der Waals surface area contributed by atoms with E-state index in [-0.39, 0.29) is 33.4 Å². The maximum absolute atomic E-state index is 13.2. The Hall–Kier alpha value is -4.25. The van der Waals surface area contributed by atoms with Crippen molar-refractivity contribution in [3.8, 4) is 11.5 Å². The van der Waals surface area contributed by atoms with Gasteiger partial charge in [0.05, 0.1) is 39.7 Å². The molecule has 10 nitrogen and oxygen atoms in total. The Morgan fingerprint density at radius 1 is 0.857 bits per heavy atom. The van der Waals surface area contributed by atoms with Gasteiger partial charge in [0, 0.05) is 24.0 Å². The van der Waals surface area contributed by atoms with Crippen LogP contribution in [-0.2, 0) is 29.1 Å². The van der Waals surface area contributed by atoms with Gasteiger partial charge in [-0.1, -0.05) is 24.3 Å². The number of carbonyl (C=O) groups is 2. The number of methoxy groups -OCH3 is 4. The van der Waals surface area contributed by atoms with E-state index >= 15 is 0 Å². The lowest BCUT2D eigenvalue weighted by molar-refractivity contribution is -0.139. The van der Waals surface area contributed by atoms with Gasteiger partial charge < -0.3 is 23.8 Å². The summed E-state index contributed by atoms with van der Waals surface area (Å²) in [7, 11) is 0.918. The molecule has 0 saturated heterocycles. The van der Waals surface area contributed by atoms with Gasteiger partial charge in [-0.05, 0) is 24.3 Å². The van der Waals surface area contributed by atoms with E-state index in [0.717, 1.165) is 0 Å². The molecule has 2 aromatic carbocycles. The molecule has 2 aromatic rings. The molecule has 184 valence electrons. The SMILES string of the molecule is COC(=O)C1=C(C(=O)OC)N(c2cc(OC)c(S(=O)(=O)Nc3ccccc3)cc2OC)C=CC=C1. The summed E-state index contributed by atoms with van der Waals surface area (Å²) < 4.78 is 49.4. The van der Waals surface area contributed by atoms with Crippen molar-refractivity contribution in [2.75, 3.05) is 38.1 Å². The number of nitrogens with one attached hydrogen (secondary N) is 1. The van der Waals surface area contributed by atoms with Crippen LogP contribution in [0.25, 0.3) is 0 Å². The van der Waals surface area contributed by atoms with Crippen LogP contribution in [0.1, 0.15) is 0 Å². The molecular formula is C24H24N2O8S. The van der Waals surface area contributed by atoms with Crippen molar-refractivity contribution < 1.29 is 37.0 Å². The van der Waals surface area contributed by atoms with Crippen LogP contribution in [0.5, 0.6) is 11.5 Å². The number of ether oxygens (including phenoxy) is 4. The fraction of sp³-hybridized carbons (Fsp3) is 0.167. The summed E-state index contributed by atoms with van der Waals surface area (Å²) in [5.74, 6) is -1.55. The molecule has 1 heterocycles. The van der Waals surface area contributed by atoms with Crippen LogP contribution in [0, 0.1) is 0 Å². The summed E-state index contributed by atoms with van der Waals surface area (Å²) in [4.78, 5) is 26.3. The normalized spacial score (nSPS) is 13.2. The Labute approximate surface area is 203 Å². The molecule has 0 radical (unpaired) electrons. The van der Waals surface area contributed by atoms with Crippen LogP contribution in [0.4, 0.5) is 11.4 Å². The van der Waals surface area contributed by atoms with Crippen molar-refractivity contribution >= 4 is 33.3 Å². The van der Waals surface area contributed by atoms with E-state index in [2.05, 4.69) is 4.72 Å². The number of esters is 2. The van der Waals surface area contributed by atoms with Crippen molar-refractivity contribution in [2.24, 2.45) is 0 Å². The molecule has 1 aliphatic heterocycles. The molecule has 35 heavy (non-hydrogen) atoms. The number of para-hydroxylation sites is 1. The van der Waals surface area contributed by atoms with Crippen molar-refractivity contribution in [1.29, 1.82) is 0 Å². The number of allylic oxidation sites excluding steroid dienone is 2. The zero-order valence-electron chi connectivity index (χ0n) is 19.5. The molecule has 0 aromatic heterocycles. The molecule has 0 saturated carbocycles. The van der Waals surface area contributed by atoms with Gasteiger partial charge in [-0.25, -0.2) is 18.0 Å². The first-order valence-electron chi connectivity index (χ1n) is 10.2. The third-order valence-corrected chi connectivity index (χ3v) is 6.33. The van der Waals surface area contributed by atoms with E-state index in [1.165, 1.54) is 57.7 Å². The molecular weight excluding hydrogens is 476 g/mol. The third-order valence-electron chi connectivity index (χ3n) is 4.93. The monoisotopic (exact) mass is 500 g/mol. The predicted molar refractivity (Wildman–Crippen MR) is 129 cm³/mol. The van der Waals surface area contributed by atoms with Gasteiger partial charge in [-0.15, -0.1) is 0 Å². The molecule has 1 N–H and O–H groups in total. The van der Waals surface area contributed by atoms with Gasteiger partial charge in [-0.2, -0.15) is 0 Å². The van der Waals surface area contributed by atoms with Gasteiger partial charge in [0.15, 0.2) is 0 Å². The predicted octanol–water partition coefficient (Wildman–Crippen LogP) is 2.99. The number of rotatable bonds is 8. The minimum Gasteiger partial charge on any atom is -0.495 e. The first-order valence-corrected chi connectivity index (χ1v) is 11.6. The average Bonchev–Trinajstić information content (AvgIpc) is 3.10. The Kier molecular flexibility index (Phi) is 7.82. The number of hydrogen-bond acceptors (Lipinski definition) is 9. The molecule has 0 fully saturated rings. The summed E-state index contributed by atoms with van der Waals surface area (Å²) in [6, 6.07) is 11.0. The number of anilines is 2. The summed E-state index contributed by atoms with van der Waals surface area (Å²) in [5, 5.41) is 0. The Morgan fingerprint density at radius 2 is 1.51 bits per heavy atom. The average molecular weight is 501 g/mol. The summed E-state index contributed by atoms with van der Waals surface area (Å²) in [5.41, 5.74) is 0.332. The van der Waals surface area contributed by atoms with Gasteiger partial charge in [0.2, 0.25) is 0 Å². The molecule has 0 aliphatic carbocycles. The van der Waals surface area contributed by atoms with Crippen molar-refractivity contribution in [2.45, 2.75) is 4.90 Å². The van der Waals surface area contributed by atoms with E-state index in [9.17, 15) is 18.0 Å². The molecule has 1 aliphatic rings. The van der Waals surface area contributed by atoms with Crippen molar-refractivity contribution in [1.82, 2.24) is 0 Å². The number of carbonyl (C=O) groups excluding carboxylic acids is 2. The molecule has 11 heteroatoms. The van der Waals surface area contributed by atoms with E-state index in [0.29, 0.717) is 5.69 Å². The standard InChI is InChI=1S/C24H24N2O8S/c1-31-19-15-21(35(29,30)25-16-10-6-5-7-11-16)20(32-2)14-18(19)26-13-9-8-12-17(23(27)33-3)22(26)24(28)34-4/h5-15,25H,1-4H3. The molecule has 0 unspecified atom stereocenters. The van der Waals surface area contributed by atoms with Crippen LogP contribution in [-0.4, -0.2) is 48.8 Å². The number of nitrogens with zero attached hydrogens (tertiary/aromatic N) is 1. The molecule has 0 spiro atoms. The second kappa shape index (κ2) is 10.8. The van der Waals surface area contributed by atoms with Crippen molar-refractivity contribution in [3.05, 3.63) is 78.2 Å². The van der Waals surface area contributed by atoms with E-state index in [1.807, 2.05) is 0 Å². The van der Waals surface area contributed by atoms with Crippen LogP contribution < -0.4 is 19.1 Å². The van der Waals surface area contributed by atoms with Crippen LogP contribution in [0.15, 0.2) is 83.1 Å². The van der Waals surface area contributed by atoms with Gasteiger partial charge in [0.25, 0.3) is 10.0 Å². The van der Waals surface area contributed by atoms with Crippen LogP contribution in [0.3, 0.4) is 0 Å². The minimum absolute atomic E-state index is 0.0290. The fourth-order valence-corrected chi connectivity index (χ4v) is 4.54. The van der Waals surface area contributed by atoms with Gasteiger partial charge in [-0.3, -0.25) is 4.72 Å². The third kappa shape index (κ3) is 5.30. The Balaban J connectivity index is 2.21. The summed E-state index contributed by atoms with van der Waals surface area (Å²) in [6.45, 7) is 0. The number of hydrogen-bond donors (Lipinski definition) is 1. The maximum Gasteiger partial charge on any atom is 0.355 e. The first kappa shape index (κ1) is 25.4. The highest BCUT2D eigenvalue weighted by Crippen LogP contribution is 2.41. The quantitative estimate of drug-likeness (QED) is 0.545. The highest BCUT2D eigenvalue weighted by Gasteiger charge is 2.31. The smallest absolute Gasteiger partial charge is 0.355 e. The Morgan fingerprint density at radius 3 is 2.11 bits per heavy atom. The van der Waals surface area contributed by atoms with Crippen LogP contribution in [0.2, 0.25) is 0 Å². The van der Waals surface area contributed by atoms with E-state index in [4.69, 9.17) is 18.9 Å². The number of benzene rings is 2. The van der Waals surface area contributed by atoms with E-state index < -0.39 is 22.0 Å². The fourth-order valence-electron chi connectivity index (χ4n) is 3.32. The molecule has 3 rings (SSSR count). The summed E-state index contributed by atoms with van der Waals surface area (Å²) in [6.07, 6.45) is 6.02. The molecule has 0 bridgehead atoms. The minimum atomic E-state index is -4.09. The second-order valence-electron chi connectivity index (χ2n) is 6.96. The zero-order chi connectivity index (χ0) is 25.6. The lowest BCUT2D eigenvalue weighted by Gasteiger charge is -2.26. The highest BCUT2D eigenvalue weighted by molar-refractivity contribution is 7.92. The topological polar surface area (TPSA) is 120 Å². The second-order valence-corrected chi connectivity index (χ2v) is 8.61. The van der Waals surface area contributed by atoms with Gasteiger partial charge >= 0.3 is 11.9 Å². The lowest BCUT2D eigenvalue weighted by Crippen LogP contribution is -2.27. The Bertz CT molecular complexity index is 1310. The maximum atomic E-state index is 13.2. The molecule has 0 amide bonds.